The third-order valence-electron chi connectivity index (χ3n) is 5.74. The normalized spacial score (nSPS) is 15.3. The van der Waals surface area contributed by atoms with Crippen LogP contribution < -0.4 is 4.74 Å². The van der Waals surface area contributed by atoms with Crippen LogP contribution in [0.3, 0.4) is 0 Å². The predicted molar refractivity (Wildman–Crippen MR) is 122 cm³/mol. The highest BCUT2D eigenvalue weighted by Gasteiger charge is 2.25. The monoisotopic (exact) mass is 474 g/mol. The van der Waals surface area contributed by atoms with Gasteiger partial charge in [-0.3, -0.25) is 0 Å². The lowest BCUT2D eigenvalue weighted by molar-refractivity contribution is -0.139. The predicted octanol–water partition coefficient (Wildman–Crippen LogP) is 6.36. The van der Waals surface area contributed by atoms with Crippen LogP contribution in [0, 0.1) is 5.82 Å². The van der Waals surface area contributed by atoms with Gasteiger partial charge >= 0.3 is 5.97 Å². The summed E-state index contributed by atoms with van der Waals surface area (Å²) in [4.78, 5) is 10.7. The van der Waals surface area contributed by atoms with Crippen LogP contribution in [-0.2, 0) is 17.6 Å². The van der Waals surface area contributed by atoms with Crippen LogP contribution in [0.2, 0.25) is 10.0 Å². The van der Waals surface area contributed by atoms with Crippen molar-refractivity contribution in [3.8, 4) is 11.5 Å². The number of rotatable bonds is 6. The molecular formula is C25H21Cl2FO4. The summed E-state index contributed by atoms with van der Waals surface area (Å²) in [5.41, 5.74) is 4.41. The second kappa shape index (κ2) is 9.39. The summed E-state index contributed by atoms with van der Waals surface area (Å²) in [6.45, 7) is -0.486. The maximum absolute atomic E-state index is 13.7. The summed E-state index contributed by atoms with van der Waals surface area (Å²) >= 11 is 12.8. The van der Waals surface area contributed by atoms with Gasteiger partial charge in [-0.25, -0.2) is 9.18 Å². The lowest BCUT2D eigenvalue weighted by Crippen LogP contribution is -2.12. The quantitative estimate of drug-likeness (QED) is 0.436. The summed E-state index contributed by atoms with van der Waals surface area (Å²) in [6, 6.07) is 13.4. The number of carboxylic acid groups (broad SMARTS) is 1. The molecule has 0 aliphatic heterocycles. The molecule has 0 aromatic heterocycles. The second-order valence-electron chi connectivity index (χ2n) is 7.91. The number of carbonyl (C=O) groups is 1. The number of carboxylic acids is 1. The average molecular weight is 475 g/mol. The van der Waals surface area contributed by atoms with E-state index in [0.717, 1.165) is 41.5 Å². The molecule has 0 amide bonds. The zero-order valence-corrected chi connectivity index (χ0v) is 18.6. The molecule has 2 N–H and O–H groups in total. The molecule has 0 radical (unpaired) electrons. The van der Waals surface area contributed by atoms with Crippen LogP contribution in [0.15, 0.2) is 48.5 Å². The molecule has 0 fully saturated rings. The van der Waals surface area contributed by atoms with Crippen molar-refractivity contribution in [1.82, 2.24) is 0 Å². The number of hydrogen-bond donors (Lipinski definition) is 2. The van der Waals surface area contributed by atoms with Crippen molar-refractivity contribution < 1.29 is 24.1 Å². The molecule has 0 heterocycles. The number of fused-ring (bicyclic) bond motifs is 1. The zero-order valence-electron chi connectivity index (χ0n) is 17.1. The molecule has 1 unspecified atom stereocenters. The molecular weight excluding hydrogens is 454 g/mol. The van der Waals surface area contributed by atoms with Crippen molar-refractivity contribution in [2.45, 2.75) is 31.6 Å². The Kier molecular flexibility index (Phi) is 6.58. The molecule has 166 valence electrons. The Bertz CT molecular complexity index is 1160. The van der Waals surface area contributed by atoms with Gasteiger partial charge in [0.25, 0.3) is 0 Å². The highest BCUT2D eigenvalue weighted by molar-refractivity contribution is 6.36. The van der Waals surface area contributed by atoms with E-state index in [0.29, 0.717) is 22.0 Å². The first kappa shape index (κ1) is 22.4. The number of ether oxygens (including phenoxy) is 1. The van der Waals surface area contributed by atoms with Crippen LogP contribution in [0.5, 0.6) is 11.5 Å². The Labute approximate surface area is 195 Å². The third-order valence-corrected chi connectivity index (χ3v) is 6.42. The molecule has 1 atom stereocenters. The Morgan fingerprint density at radius 1 is 1.06 bits per heavy atom. The Balaban J connectivity index is 1.63. The lowest BCUT2D eigenvalue weighted by Gasteiger charge is -2.27. The molecule has 0 saturated carbocycles. The summed E-state index contributed by atoms with van der Waals surface area (Å²) in [5.74, 6) is -0.876. The molecule has 0 saturated heterocycles. The lowest BCUT2D eigenvalue weighted by atomic mass is 9.78. The van der Waals surface area contributed by atoms with Gasteiger partial charge in [0.05, 0.1) is 0 Å². The number of halogens is 3. The molecule has 3 aromatic carbocycles. The standard InChI is InChI=1S/C25H21Cl2FO4/c26-22-11-17(32-13-25(30)31)12-23(27)21(22)9-14-4-7-24(29)20(8-14)19-3-1-2-15-10-16(28)5-6-18(15)19/h4-8,10-12,19,29H,1-3,9,13H2,(H,30,31). The van der Waals surface area contributed by atoms with Gasteiger partial charge in [0.1, 0.15) is 17.3 Å². The van der Waals surface area contributed by atoms with Crippen molar-refractivity contribution in [3.63, 3.8) is 0 Å². The van der Waals surface area contributed by atoms with Gasteiger partial charge in [-0.2, -0.15) is 0 Å². The van der Waals surface area contributed by atoms with E-state index in [1.165, 1.54) is 6.07 Å². The number of phenols is 1. The van der Waals surface area contributed by atoms with E-state index in [2.05, 4.69) is 0 Å². The summed E-state index contributed by atoms with van der Waals surface area (Å²) in [5, 5.41) is 20.1. The number of hydrogen-bond acceptors (Lipinski definition) is 3. The van der Waals surface area contributed by atoms with E-state index >= 15 is 0 Å². The minimum absolute atomic E-state index is 0.0166. The Morgan fingerprint density at radius 3 is 2.53 bits per heavy atom. The zero-order chi connectivity index (χ0) is 22.8. The number of benzene rings is 3. The molecule has 3 aromatic rings. The maximum Gasteiger partial charge on any atom is 0.341 e. The van der Waals surface area contributed by atoms with Gasteiger partial charge in [0, 0.05) is 27.9 Å². The van der Waals surface area contributed by atoms with Crippen molar-refractivity contribution in [2.24, 2.45) is 0 Å². The molecule has 4 rings (SSSR count). The summed E-state index contributed by atoms with van der Waals surface area (Å²) < 4.78 is 18.9. The average Bonchev–Trinajstić information content (AvgIpc) is 2.75. The van der Waals surface area contributed by atoms with Gasteiger partial charge in [0.15, 0.2) is 6.61 Å². The van der Waals surface area contributed by atoms with E-state index < -0.39 is 12.6 Å². The molecule has 7 heteroatoms. The highest BCUT2D eigenvalue weighted by atomic mass is 35.5. The topological polar surface area (TPSA) is 66.8 Å². The fraction of sp³-hybridized carbons (Fsp3) is 0.240. The van der Waals surface area contributed by atoms with Crippen molar-refractivity contribution in [2.75, 3.05) is 6.61 Å². The third kappa shape index (κ3) is 4.84. The van der Waals surface area contributed by atoms with Gasteiger partial charge in [-0.15, -0.1) is 0 Å². The largest absolute Gasteiger partial charge is 0.508 e. The van der Waals surface area contributed by atoms with Gasteiger partial charge in [0.2, 0.25) is 0 Å². The highest BCUT2D eigenvalue weighted by Crippen LogP contribution is 2.41. The number of aliphatic carboxylic acids is 1. The Hall–Kier alpha value is -2.76. The smallest absolute Gasteiger partial charge is 0.341 e. The first-order chi connectivity index (χ1) is 15.3. The van der Waals surface area contributed by atoms with Crippen LogP contribution in [0.25, 0.3) is 0 Å². The SMILES string of the molecule is O=C(O)COc1cc(Cl)c(Cc2ccc(O)c(C3CCCc4cc(F)ccc43)c2)c(Cl)c1. The van der Waals surface area contributed by atoms with Crippen LogP contribution >= 0.6 is 23.2 Å². The van der Waals surface area contributed by atoms with E-state index in [4.69, 9.17) is 33.0 Å². The van der Waals surface area contributed by atoms with Gasteiger partial charge in [-0.05, 0) is 71.8 Å². The van der Waals surface area contributed by atoms with E-state index in [9.17, 15) is 14.3 Å². The molecule has 32 heavy (non-hydrogen) atoms. The Morgan fingerprint density at radius 2 is 1.81 bits per heavy atom. The minimum atomic E-state index is -1.09. The molecule has 0 bridgehead atoms. The van der Waals surface area contributed by atoms with Crippen LogP contribution in [-0.4, -0.2) is 22.8 Å². The van der Waals surface area contributed by atoms with Crippen molar-refractivity contribution in [1.29, 1.82) is 0 Å². The van der Waals surface area contributed by atoms with E-state index in [-0.39, 0.29) is 23.2 Å². The van der Waals surface area contributed by atoms with Crippen LogP contribution in [0.1, 0.15) is 46.6 Å². The first-order valence-electron chi connectivity index (χ1n) is 10.2. The number of aryl methyl sites for hydroxylation is 1. The van der Waals surface area contributed by atoms with Crippen LogP contribution in [0.4, 0.5) is 4.39 Å². The number of aromatic hydroxyl groups is 1. The minimum Gasteiger partial charge on any atom is -0.508 e. The molecule has 4 nitrogen and oxygen atoms in total. The molecule has 1 aliphatic rings. The summed E-state index contributed by atoms with van der Waals surface area (Å²) in [6.07, 6.45) is 3.03. The summed E-state index contributed by atoms with van der Waals surface area (Å²) in [7, 11) is 0. The van der Waals surface area contributed by atoms with Crippen molar-refractivity contribution >= 4 is 29.2 Å². The van der Waals surface area contributed by atoms with Gasteiger partial charge in [-0.1, -0.05) is 41.4 Å². The maximum atomic E-state index is 13.7. The second-order valence-corrected chi connectivity index (χ2v) is 8.72. The van der Waals surface area contributed by atoms with Gasteiger partial charge < -0.3 is 14.9 Å². The van der Waals surface area contributed by atoms with E-state index in [1.54, 1.807) is 24.3 Å². The van der Waals surface area contributed by atoms with Crippen molar-refractivity contribution in [3.05, 3.63) is 92.2 Å². The fourth-order valence-electron chi connectivity index (χ4n) is 4.28. The fourth-order valence-corrected chi connectivity index (χ4v) is 4.88. The first-order valence-corrected chi connectivity index (χ1v) is 11.0. The number of phenolic OH excluding ortho intramolecular Hbond substituents is 1. The van der Waals surface area contributed by atoms with E-state index in [1.807, 2.05) is 18.2 Å². The molecule has 0 spiro atoms. The molecule has 1 aliphatic carbocycles.